The average molecular weight is 361 g/mol. The summed E-state index contributed by atoms with van der Waals surface area (Å²) >= 11 is 5.98. The van der Waals surface area contributed by atoms with Crippen molar-refractivity contribution in [2.75, 3.05) is 11.9 Å². The Morgan fingerprint density at radius 1 is 1.24 bits per heavy atom. The molecular weight excluding hydrogens is 343 g/mol. The zero-order valence-electron chi connectivity index (χ0n) is 13.8. The normalized spacial score (nSPS) is 16.8. The van der Waals surface area contributed by atoms with E-state index in [-0.39, 0.29) is 17.4 Å². The van der Waals surface area contributed by atoms with Gasteiger partial charge in [-0.15, -0.1) is 0 Å². The number of carbonyl (C=O) groups excluding carboxylic acids is 2. The van der Waals surface area contributed by atoms with E-state index in [0.29, 0.717) is 23.7 Å². The molecule has 0 radical (unpaired) electrons. The predicted octanol–water partition coefficient (Wildman–Crippen LogP) is 4.03. The molecule has 0 aromatic heterocycles. The van der Waals surface area contributed by atoms with Crippen molar-refractivity contribution in [3.8, 4) is 0 Å². The van der Waals surface area contributed by atoms with Crippen LogP contribution in [0.15, 0.2) is 42.5 Å². The van der Waals surface area contributed by atoms with Crippen molar-refractivity contribution in [1.82, 2.24) is 4.90 Å². The maximum absolute atomic E-state index is 13.4. The van der Waals surface area contributed by atoms with Crippen molar-refractivity contribution in [2.24, 2.45) is 0 Å². The number of likely N-dealkylation sites (tertiary alicyclic amines) is 1. The third-order valence-corrected chi connectivity index (χ3v) is 4.58. The smallest absolute Gasteiger partial charge is 0.254 e. The molecule has 4 nitrogen and oxygen atoms in total. The van der Waals surface area contributed by atoms with Gasteiger partial charge in [0.05, 0.1) is 0 Å². The van der Waals surface area contributed by atoms with Crippen LogP contribution in [-0.4, -0.2) is 29.3 Å². The monoisotopic (exact) mass is 360 g/mol. The molecule has 1 atom stereocenters. The van der Waals surface area contributed by atoms with Gasteiger partial charge in [0.25, 0.3) is 5.91 Å². The van der Waals surface area contributed by atoms with E-state index in [1.165, 1.54) is 23.1 Å². The topological polar surface area (TPSA) is 49.4 Å². The van der Waals surface area contributed by atoms with Crippen molar-refractivity contribution in [3.63, 3.8) is 0 Å². The van der Waals surface area contributed by atoms with Crippen LogP contribution in [-0.2, 0) is 4.79 Å². The summed E-state index contributed by atoms with van der Waals surface area (Å²) in [6.07, 6.45) is 1.31. The van der Waals surface area contributed by atoms with Crippen molar-refractivity contribution in [3.05, 3.63) is 64.4 Å². The molecule has 0 bridgehead atoms. The summed E-state index contributed by atoms with van der Waals surface area (Å²) in [6.45, 7) is 2.35. The van der Waals surface area contributed by atoms with Crippen LogP contribution in [0.4, 0.5) is 10.1 Å². The van der Waals surface area contributed by atoms with E-state index in [4.69, 9.17) is 11.6 Å². The van der Waals surface area contributed by atoms with Gasteiger partial charge < -0.3 is 10.2 Å². The van der Waals surface area contributed by atoms with E-state index < -0.39 is 11.9 Å². The highest BCUT2D eigenvalue weighted by atomic mass is 35.5. The third kappa shape index (κ3) is 3.82. The Hall–Kier alpha value is -2.40. The molecule has 3 rings (SSSR count). The Morgan fingerprint density at radius 3 is 2.80 bits per heavy atom. The summed E-state index contributed by atoms with van der Waals surface area (Å²) in [5.41, 5.74) is 1.76. The highest BCUT2D eigenvalue weighted by molar-refractivity contribution is 6.31. The van der Waals surface area contributed by atoms with Gasteiger partial charge in [0, 0.05) is 22.8 Å². The number of carbonyl (C=O) groups is 2. The second-order valence-corrected chi connectivity index (χ2v) is 6.55. The minimum absolute atomic E-state index is 0.249. The van der Waals surface area contributed by atoms with Crippen LogP contribution >= 0.6 is 11.6 Å². The predicted molar refractivity (Wildman–Crippen MR) is 95.3 cm³/mol. The number of nitrogens with one attached hydrogen (secondary N) is 1. The highest BCUT2D eigenvalue weighted by Gasteiger charge is 2.34. The van der Waals surface area contributed by atoms with Crippen LogP contribution in [0.5, 0.6) is 0 Å². The minimum atomic E-state index is -0.575. The molecule has 6 heteroatoms. The fourth-order valence-corrected chi connectivity index (χ4v) is 3.19. The number of benzene rings is 2. The quantitative estimate of drug-likeness (QED) is 0.898. The fraction of sp³-hybridized carbons (Fsp3) is 0.263. The molecule has 1 saturated heterocycles. The molecule has 1 aliphatic rings. The van der Waals surface area contributed by atoms with E-state index >= 15 is 0 Å². The maximum Gasteiger partial charge on any atom is 0.254 e. The molecule has 1 aliphatic heterocycles. The van der Waals surface area contributed by atoms with Gasteiger partial charge in [0.15, 0.2) is 0 Å². The number of hydrogen-bond acceptors (Lipinski definition) is 2. The van der Waals surface area contributed by atoms with E-state index in [1.54, 1.807) is 18.2 Å². The van der Waals surface area contributed by atoms with Crippen LogP contribution in [0.2, 0.25) is 5.02 Å². The lowest BCUT2D eigenvalue weighted by atomic mass is 10.1. The Morgan fingerprint density at radius 2 is 2.04 bits per heavy atom. The van der Waals surface area contributed by atoms with Crippen LogP contribution in [0.25, 0.3) is 0 Å². The van der Waals surface area contributed by atoms with E-state index in [0.717, 1.165) is 12.0 Å². The van der Waals surface area contributed by atoms with Crippen molar-refractivity contribution >= 4 is 29.1 Å². The number of amides is 2. The van der Waals surface area contributed by atoms with Crippen LogP contribution in [0, 0.1) is 12.7 Å². The Kier molecular flexibility index (Phi) is 5.04. The van der Waals surface area contributed by atoms with Gasteiger partial charge in [0.1, 0.15) is 11.9 Å². The van der Waals surface area contributed by atoms with Crippen molar-refractivity contribution < 1.29 is 14.0 Å². The van der Waals surface area contributed by atoms with E-state index in [9.17, 15) is 14.0 Å². The zero-order valence-corrected chi connectivity index (χ0v) is 14.5. The SMILES string of the molecule is Cc1ccc(Cl)cc1NC(=O)[C@@H]1CCCN1C(=O)c1cccc(F)c1. The highest BCUT2D eigenvalue weighted by Crippen LogP contribution is 2.24. The summed E-state index contributed by atoms with van der Waals surface area (Å²) < 4.78 is 13.4. The summed E-state index contributed by atoms with van der Waals surface area (Å²) in [6, 6.07) is 10.2. The molecular formula is C19H18ClFN2O2. The Bertz CT molecular complexity index is 825. The number of anilines is 1. The summed E-state index contributed by atoms with van der Waals surface area (Å²) in [5, 5.41) is 3.38. The molecule has 2 amide bonds. The summed E-state index contributed by atoms with van der Waals surface area (Å²) in [5.74, 6) is -1.06. The number of hydrogen-bond donors (Lipinski definition) is 1. The van der Waals surface area contributed by atoms with Gasteiger partial charge in [0.2, 0.25) is 5.91 Å². The van der Waals surface area contributed by atoms with E-state index in [2.05, 4.69) is 5.32 Å². The van der Waals surface area contributed by atoms with Crippen LogP contribution in [0.1, 0.15) is 28.8 Å². The fourth-order valence-electron chi connectivity index (χ4n) is 3.01. The first-order valence-electron chi connectivity index (χ1n) is 8.09. The maximum atomic E-state index is 13.4. The van der Waals surface area contributed by atoms with Gasteiger partial charge in [-0.2, -0.15) is 0 Å². The summed E-state index contributed by atoms with van der Waals surface area (Å²) in [4.78, 5) is 26.8. The first kappa shape index (κ1) is 17.4. The lowest BCUT2D eigenvalue weighted by Gasteiger charge is -2.24. The first-order chi connectivity index (χ1) is 12.0. The van der Waals surface area contributed by atoms with Gasteiger partial charge >= 0.3 is 0 Å². The molecule has 2 aromatic rings. The lowest BCUT2D eigenvalue weighted by Crippen LogP contribution is -2.43. The number of nitrogens with zero attached hydrogens (tertiary/aromatic N) is 1. The van der Waals surface area contributed by atoms with Crippen LogP contribution < -0.4 is 5.32 Å². The standard InChI is InChI=1S/C19H18ClFN2O2/c1-12-7-8-14(20)11-16(12)22-18(24)17-6-3-9-23(17)19(25)13-4-2-5-15(21)10-13/h2,4-5,7-8,10-11,17H,3,6,9H2,1H3,(H,22,24)/t17-/m0/s1. The number of aryl methyl sites for hydroxylation is 1. The molecule has 1 heterocycles. The molecule has 1 N–H and O–H groups in total. The Labute approximate surface area is 150 Å². The first-order valence-corrected chi connectivity index (χ1v) is 8.47. The molecule has 0 aliphatic carbocycles. The molecule has 130 valence electrons. The minimum Gasteiger partial charge on any atom is -0.327 e. The van der Waals surface area contributed by atoms with Gasteiger partial charge in [-0.3, -0.25) is 9.59 Å². The Balaban J connectivity index is 1.78. The van der Waals surface area contributed by atoms with E-state index in [1.807, 2.05) is 13.0 Å². The molecule has 0 spiro atoms. The number of rotatable bonds is 3. The second kappa shape index (κ2) is 7.23. The van der Waals surface area contributed by atoms with Crippen molar-refractivity contribution in [2.45, 2.75) is 25.8 Å². The van der Waals surface area contributed by atoms with Gasteiger partial charge in [-0.1, -0.05) is 23.7 Å². The zero-order chi connectivity index (χ0) is 18.0. The molecule has 25 heavy (non-hydrogen) atoms. The largest absolute Gasteiger partial charge is 0.327 e. The van der Waals surface area contributed by atoms with Crippen LogP contribution in [0.3, 0.4) is 0 Å². The third-order valence-electron chi connectivity index (χ3n) is 4.35. The van der Waals surface area contributed by atoms with Gasteiger partial charge in [-0.25, -0.2) is 4.39 Å². The average Bonchev–Trinajstić information content (AvgIpc) is 3.07. The van der Waals surface area contributed by atoms with Crippen molar-refractivity contribution in [1.29, 1.82) is 0 Å². The van der Waals surface area contributed by atoms with Gasteiger partial charge in [-0.05, 0) is 55.7 Å². The second-order valence-electron chi connectivity index (χ2n) is 6.12. The molecule has 1 fully saturated rings. The summed E-state index contributed by atoms with van der Waals surface area (Å²) in [7, 11) is 0. The number of halogens is 2. The molecule has 2 aromatic carbocycles. The molecule has 0 unspecified atom stereocenters. The lowest BCUT2D eigenvalue weighted by molar-refractivity contribution is -0.119. The molecule has 0 saturated carbocycles.